The summed E-state index contributed by atoms with van der Waals surface area (Å²) in [6.07, 6.45) is 6.89. The molecule has 5 heteroatoms. The maximum absolute atomic E-state index is 4.28. The van der Waals surface area contributed by atoms with Gasteiger partial charge in [-0.05, 0) is 13.1 Å². The van der Waals surface area contributed by atoms with E-state index >= 15 is 0 Å². The molecule has 0 aromatic carbocycles. The van der Waals surface area contributed by atoms with Crippen LogP contribution in [-0.4, -0.2) is 26.8 Å². The zero-order chi connectivity index (χ0) is 10.7. The highest BCUT2D eigenvalue weighted by atomic mass is 15.3. The number of hydrogen-bond donors (Lipinski definition) is 1. The first-order valence-electron chi connectivity index (χ1n) is 4.74. The minimum atomic E-state index is 0.0335. The highest BCUT2D eigenvalue weighted by molar-refractivity contribution is 5.18. The summed E-state index contributed by atoms with van der Waals surface area (Å²) in [6, 6.07) is 2.00. The Balaban J connectivity index is 2.37. The van der Waals surface area contributed by atoms with Gasteiger partial charge in [0, 0.05) is 25.6 Å². The molecule has 0 spiro atoms. The summed E-state index contributed by atoms with van der Waals surface area (Å²) < 4.78 is 1.83. The Labute approximate surface area is 88.2 Å². The molecule has 0 aliphatic carbocycles. The molecule has 78 valence electrons. The van der Waals surface area contributed by atoms with Gasteiger partial charge in [0.15, 0.2) is 0 Å². The second-order valence-corrected chi connectivity index (χ2v) is 3.23. The van der Waals surface area contributed by atoms with Crippen molar-refractivity contribution in [1.82, 2.24) is 25.1 Å². The van der Waals surface area contributed by atoms with E-state index in [1.54, 1.807) is 24.8 Å². The molecule has 0 aliphatic heterocycles. The van der Waals surface area contributed by atoms with E-state index in [2.05, 4.69) is 20.4 Å². The molecule has 0 fully saturated rings. The van der Waals surface area contributed by atoms with Crippen molar-refractivity contribution < 1.29 is 0 Å². The van der Waals surface area contributed by atoms with E-state index in [1.807, 2.05) is 24.8 Å². The Morgan fingerprint density at radius 2 is 2.20 bits per heavy atom. The molecule has 2 rings (SSSR count). The fourth-order valence-electron chi connectivity index (χ4n) is 1.57. The van der Waals surface area contributed by atoms with E-state index in [0.29, 0.717) is 0 Å². The third-order valence-electron chi connectivity index (χ3n) is 2.32. The molecule has 0 saturated carbocycles. The van der Waals surface area contributed by atoms with E-state index in [-0.39, 0.29) is 6.04 Å². The minimum Gasteiger partial charge on any atom is -0.307 e. The predicted octanol–water partition coefficient (Wildman–Crippen LogP) is 0.519. The average molecular weight is 203 g/mol. The summed E-state index contributed by atoms with van der Waals surface area (Å²) in [4.78, 5) is 8.34. The van der Waals surface area contributed by atoms with Gasteiger partial charge in [-0.25, -0.2) is 0 Å². The number of aryl methyl sites for hydroxylation is 1. The summed E-state index contributed by atoms with van der Waals surface area (Å²) in [5, 5.41) is 7.34. The molecular weight excluding hydrogens is 190 g/mol. The van der Waals surface area contributed by atoms with Crippen LogP contribution in [0.2, 0.25) is 0 Å². The third-order valence-corrected chi connectivity index (χ3v) is 2.32. The van der Waals surface area contributed by atoms with Crippen molar-refractivity contribution in [2.24, 2.45) is 7.05 Å². The molecule has 1 atom stereocenters. The number of aromatic nitrogens is 4. The highest BCUT2D eigenvalue weighted by Crippen LogP contribution is 2.17. The van der Waals surface area contributed by atoms with Crippen LogP contribution >= 0.6 is 0 Å². The predicted molar refractivity (Wildman–Crippen MR) is 56.1 cm³/mol. The van der Waals surface area contributed by atoms with Crippen LogP contribution < -0.4 is 5.32 Å². The summed E-state index contributed by atoms with van der Waals surface area (Å²) >= 11 is 0. The first-order valence-corrected chi connectivity index (χ1v) is 4.74. The quantitative estimate of drug-likeness (QED) is 0.790. The van der Waals surface area contributed by atoms with Gasteiger partial charge in [0.1, 0.15) is 0 Å². The van der Waals surface area contributed by atoms with Crippen LogP contribution in [0.5, 0.6) is 0 Å². The van der Waals surface area contributed by atoms with Gasteiger partial charge in [0.2, 0.25) is 0 Å². The van der Waals surface area contributed by atoms with Gasteiger partial charge in [0.25, 0.3) is 0 Å². The number of nitrogens with one attached hydrogen (secondary N) is 1. The Morgan fingerprint density at radius 3 is 2.73 bits per heavy atom. The maximum Gasteiger partial charge on any atom is 0.0935 e. The first kappa shape index (κ1) is 9.79. The van der Waals surface area contributed by atoms with Gasteiger partial charge in [0.05, 0.1) is 23.6 Å². The molecule has 0 amide bonds. The zero-order valence-electron chi connectivity index (χ0n) is 8.75. The van der Waals surface area contributed by atoms with Crippen molar-refractivity contribution in [2.45, 2.75) is 6.04 Å². The fourth-order valence-corrected chi connectivity index (χ4v) is 1.57. The summed E-state index contributed by atoms with van der Waals surface area (Å²) in [7, 11) is 3.81. The lowest BCUT2D eigenvalue weighted by Gasteiger charge is -2.15. The van der Waals surface area contributed by atoms with E-state index in [0.717, 1.165) is 11.4 Å². The lowest BCUT2D eigenvalue weighted by Crippen LogP contribution is -2.21. The first-order chi connectivity index (χ1) is 7.33. The maximum atomic E-state index is 4.28. The lowest BCUT2D eigenvalue weighted by atomic mass is 10.1. The summed E-state index contributed by atoms with van der Waals surface area (Å²) in [5.41, 5.74) is 1.96. The normalized spacial score (nSPS) is 12.7. The van der Waals surface area contributed by atoms with Crippen LogP contribution in [0.15, 0.2) is 30.9 Å². The van der Waals surface area contributed by atoms with Gasteiger partial charge in [-0.2, -0.15) is 5.10 Å². The second-order valence-electron chi connectivity index (χ2n) is 3.23. The smallest absolute Gasteiger partial charge is 0.0935 e. The van der Waals surface area contributed by atoms with Gasteiger partial charge in [-0.1, -0.05) is 0 Å². The van der Waals surface area contributed by atoms with Crippen molar-refractivity contribution in [3.05, 3.63) is 42.2 Å². The molecule has 1 N–H and O–H groups in total. The monoisotopic (exact) mass is 203 g/mol. The van der Waals surface area contributed by atoms with Crippen molar-refractivity contribution in [1.29, 1.82) is 0 Å². The Bertz CT molecular complexity index is 422. The van der Waals surface area contributed by atoms with E-state index < -0.39 is 0 Å². The minimum absolute atomic E-state index is 0.0335. The van der Waals surface area contributed by atoms with E-state index in [1.165, 1.54) is 0 Å². The van der Waals surface area contributed by atoms with Crippen LogP contribution in [-0.2, 0) is 7.05 Å². The van der Waals surface area contributed by atoms with E-state index in [4.69, 9.17) is 0 Å². The molecule has 2 heterocycles. The standard InChI is InChI=1S/C10H13N5/c1-11-10(8-7-12-5-6-13-8)9-3-4-14-15(9)2/h3-7,10-11H,1-2H3. The molecule has 2 aromatic heterocycles. The SMILES string of the molecule is CNC(c1cnccn1)c1ccnn1C. The molecule has 5 nitrogen and oxygen atoms in total. The Kier molecular flexibility index (Phi) is 2.73. The van der Waals surface area contributed by atoms with Crippen LogP contribution in [0, 0.1) is 0 Å². The van der Waals surface area contributed by atoms with Gasteiger partial charge >= 0.3 is 0 Å². The third kappa shape index (κ3) is 1.87. The Hall–Kier alpha value is -1.75. The lowest BCUT2D eigenvalue weighted by molar-refractivity contribution is 0.592. The summed E-state index contributed by atoms with van der Waals surface area (Å²) in [5.74, 6) is 0. The average Bonchev–Trinajstić information content (AvgIpc) is 2.68. The van der Waals surface area contributed by atoms with Gasteiger partial charge < -0.3 is 5.32 Å². The van der Waals surface area contributed by atoms with Crippen molar-refractivity contribution in [3.63, 3.8) is 0 Å². The largest absolute Gasteiger partial charge is 0.307 e. The molecule has 0 saturated heterocycles. The number of rotatable bonds is 3. The fraction of sp³-hybridized carbons (Fsp3) is 0.300. The molecular formula is C10H13N5. The molecule has 2 aromatic rings. The number of nitrogens with zero attached hydrogens (tertiary/aromatic N) is 4. The van der Waals surface area contributed by atoms with Gasteiger partial charge in [-0.3, -0.25) is 14.6 Å². The highest BCUT2D eigenvalue weighted by Gasteiger charge is 2.16. The Morgan fingerprint density at radius 1 is 1.33 bits per heavy atom. The van der Waals surface area contributed by atoms with Crippen LogP contribution in [0.4, 0.5) is 0 Å². The van der Waals surface area contributed by atoms with Crippen LogP contribution in [0.3, 0.4) is 0 Å². The molecule has 1 unspecified atom stereocenters. The van der Waals surface area contributed by atoms with Gasteiger partial charge in [-0.15, -0.1) is 0 Å². The van der Waals surface area contributed by atoms with Crippen molar-refractivity contribution >= 4 is 0 Å². The van der Waals surface area contributed by atoms with Crippen LogP contribution in [0.25, 0.3) is 0 Å². The zero-order valence-corrected chi connectivity index (χ0v) is 8.75. The molecule has 0 bridgehead atoms. The number of hydrogen-bond acceptors (Lipinski definition) is 4. The topological polar surface area (TPSA) is 55.6 Å². The summed E-state index contributed by atoms with van der Waals surface area (Å²) in [6.45, 7) is 0. The second kappa shape index (κ2) is 4.18. The molecule has 0 radical (unpaired) electrons. The van der Waals surface area contributed by atoms with Crippen LogP contribution in [0.1, 0.15) is 17.4 Å². The van der Waals surface area contributed by atoms with E-state index in [9.17, 15) is 0 Å². The van der Waals surface area contributed by atoms with Crippen molar-refractivity contribution in [2.75, 3.05) is 7.05 Å². The molecule has 15 heavy (non-hydrogen) atoms. The molecule has 0 aliphatic rings. The van der Waals surface area contributed by atoms with Crippen molar-refractivity contribution in [3.8, 4) is 0 Å².